The van der Waals surface area contributed by atoms with Crippen molar-refractivity contribution >= 4 is 39.4 Å². The third-order valence-corrected chi connectivity index (χ3v) is 12.9. The summed E-state index contributed by atoms with van der Waals surface area (Å²) in [5, 5.41) is 1.40. The monoisotopic (exact) mass is 902 g/mol. The minimum Gasteiger partial charge on any atom is -0.378 e. The average Bonchev–Trinajstić information content (AvgIpc) is 3.78. The summed E-state index contributed by atoms with van der Waals surface area (Å²) in [4.78, 5) is 43.3. The van der Waals surface area contributed by atoms with Gasteiger partial charge in [-0.2, -0.15) is 26.3 Å². The van der Waals surface area contributed by atoms with E-state index in [1.807, 2.05) is 41.5 Å². The molecule has 2 amide bonds. The Kier molecular flexibility index (Phi) is 13.1. The normalized spacial score (nSPS) is 14.8. The number of benzene rings is 4. The molecule has 15 heteroatoms. The molecule has 0 bridgehead atoms. The van der Waals surface area contributed by atoms with Crippen LogP contribution in [0.3, 0.4) is 0 Å². The molecule has 0 aliphatic carbocycles. The van der Waals surface area contributed by atoms with Crippen molar-refractivity contribution < 1.29 is 50.2 Å². The summed E-state index contributed by atoms with van der Waals surface area (Å²) in [6, 6.07) is 15.4. The molecule has 0 radical (unpaired) electrons. The van der Waals surface area contributed by atoms with Gasteiger partial charge in [-0.3, -0.25) is 14.4 Å². The van der Waals surface area contributed by atoms with Gasteiger partial charge in [0.2, 0.25) is 5.78 Å². The van der Waals surface area contributed by atoms with Crippen LogP contribution < -0.4 is 0 Å². The fraction of sp³-hybridized carbons (Fsp3) is 0.380. The second-order valence-corrected chi connectivity index (χ2v) is 17.0. The molecule has 6 aromatic rings. The number of hydrogen-bond acceptors (Lipinski definition) is 5. The Bertz CT molecular complexity index is 2840. The highest BCUT2D eigenvalue weighted by atomic mass is 19.4. The molecule has 0 saturated carbocycles. The van der Waals surface area contributed by atoms with E-state index < -0.39 is 23.5 Å². The van der Waals surface area contributed by atoms with Crippen molar-refractivity contribution in [1.29, 1.82) is 0 Å². The second kappa shape index (κ2) is 18.2. The summed E-state index contributed by atoms with van der Waals surface area (Å²) in [5.74, 6) is -0.490. The number of amides is 2. The molecule has 8 rings (SSSR count). The van der Waals surface area contributed by atoms with Crippen molar-refractivity contribution in [2.24, 2.45) is 14.1 Å². The number of rotatable bonds is 6. The molecule has 2 aliphatic rings. The summed E-state index contributed by atoms with van der Waals surface area (Å²) in [5.41, 5.74) is 7.50. The van der Waals surface area contributed by atoms with Crippen LogP contribution in [0.1, 0.15) is 92.5 Å². The van der Waals surface area contributed by atoms with Crippen LogP contribution in [0.4, 0.5) is 26.3 Å². The van der Waals surface area contributed by atoms with E-state index in [2.05, 4.69) is 0 Å². The van der Waals surface area contributed by atoms with Crippen LogP contribution in [-0.2, 0) is 42.3 Å². The third kappa shape index (κ3) is 9.31. The molecule has 2 saturated heterocycles. The number of aromatic nitrogens is 2. The minimum absolute atomic E-state index is 0.00486. The van der Waals surface area contributed by atoms with Gasteiger partial charge in [-0.15, -0.1) is 0 Å². The van der Waals surface area contributed by atoms with E-state index in [4.69, 9.17) is 9.47 Å². The maximum absolute atomic E-state index is 13.6. The molecule has 4 heterocycles. The summed E-state index contributed by atoms with van der Waals surface area (Å²) in [6.45, 7) is 14.9. The number of carbonyl (C=O) groups is 3. The van der Waals surface area contributed by atoms with Gasteiger partial charge < -0.3 is 28.4 Å². The number of carbonyl (C=O) groups excluding carboxylic acids is 3. The molecule has 2 aliphatic heterocycles. The van der Waals surface area contributed by atoms with Crippen molar-refractivity contribution in [3.63, 3.8) is 0 Å². The number of ketones is 1. The summed E-state index contributed by atoms with van der Waals surface area (Å²) in [6.07, 6.45) is -8.33. The zero-order chi connectivity index (χ0) is 47.3. The first-order chi connectivity index (χ1) is 30.6. The lowest BCUT2D eigenvalue weighted by Crippen LogP contribution is -2.41. The quantitative estimate of drug-likeness (QED) is 0.123. The van der Waals surface area contributed by atoms with Crippen LogP contribution in [-0.4, -0.2) is 89.1 Å². The standard InChI is InChI=1S/C25H25F3N2O3.C25H27F3N2O2/c1-14-5-6-18(24(32)30-7-9-33-10-8-30)16(3)22(14)23(31)21-13-19-15(2)11-17(25(26,27)28)12-20(19)29(21)4;1-15-5-6-20(24(31)30-7-9-32-10-8-30)17(3)21(15)13-19-14-22-16(2)11-18(25(26,27)28)12-23(22)29(19)4/h5-6,11-13H,7-10H2,1-4H3;5-6,11-12,14H,7-10,13H2,1-4H3. The van der Waals surface area contributed by atoms with Gasteiger partial charge in [-0.05, 0) is 129 Å². The number of fused-ring (bicyclic) bond motifs is 2. The van der Waals surface area contributed by atoms with Crippen molar-refractivity contribution in [3.8, 4) is 0 Å². The molecular weight excluding hydrogens is 851 g/mol. The second-order valence-electron chi connectivity index (χ2n) is 17.0. The van der Waals surface area contributed by atoms with Crippen LogP contribution in [0.2, 0.25) is 0 Å². The van der Waals surface area contributed by atoms with Crippen molar-refractivity contribution in [2.75, 3.05) is 52.6 Å². The molecule has 0 N–H and O–H groups in total. The molecule has 9 nitrogen and oxygen atoms in total. The van der Waals surface area contributed by atoms with E-state index in [0.29, 0.717) is 114 Å². The molecule has 2 aromatic heterocycles. The fourth-order valence-electron chi connectivity index (χ4n) is 8.99. The van der Waals surface area contributed by atoms with Gasteiger partial charge in [-0.25, -0.2) is 0 Å². The van der Waals surface area contributed by atoms with Gasteiger partial charge in [-0.1, -0.05) is 12.1 Å². The first-order valence-electron chi connectivity index (χ1n) is 21.4. The lowest BCUT2D eigenvalue weighted by molar-refractivity contribution is -0.138. The third-order valence-electron chi connectivity index (χ3n) is 12.9. The number of halogens is 6. The van der Waals surface area contributed by atoms with E-state index in [0.717, 1.165) is 39.9 Å². The van der Waals surface area contributed by atoms with E-state index in [9.17, 15) is 40.7 Å². The van der Waals surface area contributed by atoms with E-state index in [-0.39, 0.29) is 23.3 Å². The first-order valence-corrected chi connectivity index (χ1v) is 21.4. The Balaban J connectivity index is 0.000000194. The first kappa shape index (κ1) is 47.0. The number of nitrogens with zero attached hydrogens (tertiary/aromatic N) is 4. The predicted molar refractivity (Wildman–Crippen MR) is 237 cm³/mol. The largest absolute Gasteiger partial charge is 0.416 e. The van der Waals surface area contributed by atoms with E-state index in [1.54, 1.807) is 64.9 Å². The number of aryl methyl sites for hydroxylation is 6. The number of hydrogen-bond donors (Lipinski definition) is 0. The van der Waals surface area contributed by atoms with Crippen LogP contribution in [0.15, 0.2) is 60.7 Å². The van der Waals surface area contributed by atoms with Crippen LogP contribution in [0.5, 0.6) is 0 Å². The Morgan fingerprint density at radius 1 is 0.554 bits per heavy atom. The number of morpholine rings is 2. The SMILES string of the molecule is Cc1ccc(C(=O)N2CCOCC2)c(C)c1C(=O)c1cc2c(C)cc(C(F)(F)F)cc2n1C.Cc1ccc(C(=O)N2CCOCC2)c(C)c1Cc1cc2c(C)cc(C(F)(F)F)cc2n1C. The molecule has 4 aromatic carbocycles. The average molecular weight is 903 g/mol. The maximum Gasteiger partial charge on any atom is 0.416 e. The van der Waals surface area contributed by atoms with Gasteiger partial charge in [0.25, 0.3) is 11.8 Å². The minimum atomic E-state index is -4.48. The van der Waals surface area contributed by atoms with Gasteiger partial charge in [0.15, 0.2) is 0 Å². The maximum atomic E-state index is 13.6. The van der Waals surface area contributed by atoms with Crippen LogP contribution in [0.25, 0.3) is 21.8 Å². The molecule has 344 valence electrons. The predicted octanol–water partition coefficient (Wildman–Crippen LogP) is 10.0. The molecule has 65 heavy (non-hydrogen) atoms. The van der Waals surface area contributed by atoms with E-state index in [1.165, 1.54) is 16.7 Å². The van der Waals surface area contributed by atoms with Gasteiger partial charge in [0, 0.05) is 90.9 Å². The summed E-state index contributed by atoms with van der Waals surface area (Å²) < 4.78 is 93.9. The molecule has 2 fully saturated rings. The van der Waals surface area contributed by atoms with Gasteiger partial charge in [0.05, 0.1) is 43.2 Å². The van der Waals surface area contributed by atoms with E-state index >= 15 is 0 Å². The van der Waals surface area contributed by atoms with Gasteiger partial charge >= 0.3 is 12.4 Å². The lowest BCUT2D eigenvalue weighted by Gasteiger charge is -2.28. The topological polar surface area (TPSA) is 86.0 Å². The molecule has 0 spiro atoms. The molecule has 0 unspecified atom stereocenters. The molecule has 0 atom stereocenters. The smallest absolute Gasteiger partial charge is 0.378 e. The highest BCUT2D eigenvalue weighted by Gasteiger charge is 2.34. The highest BCUT2D eigenvalue weighted by Crippen LogP contribution is 2.37. The summed E-state index contributed by atoms with van der Waals surface area (Å²) in [7, 11) is 3.38. The molecular formula is C50H52F6N4O5. The Morgan fingerprint density at radius 3 is 1.49 bits per heavy atom. The fourth-order valence-corrected chi connectivity index (χ4v) is 8.99. The van der Waals surface area contributed by atoms with Crippen molar-refractivity contribution in [1.82, 2.24) is 18.9 Å². The van der Waals surface area contributed by atoms with Crippen LogP contribution in [0, 0.1) is 41.5 Å². The highest BCUT2D eigenvalue weighted by molar-refractivity contribution is 6.14. The zero-order valence-electron chi connectivity index (χ0n) is 37.7. The zero-order valence-corrected chi connectivity index (χ0v) is 37.7. The van der Waals surface area contributed by atoms with Crippen molar-refractivity contribution in [2.45, 2.75) is 60.3 Å². The van der Waals surface area contributed by atoms with Crippen LogP contribution >= 0.6 is 0 Å². The Labute approximate surface area is 373 Å². The van der Waals surface area contributed by atoms with Crippen molar-refractivity contribution in [3.05, 3.63) is 139 Å². The Hall–Kier alpha value is -5.93. The Morgan fingerprint density at radius 2 is 1.00 bits per heavy atom. The lowest BCUT2D eigenvalue weighted by atomic mass is 9.92. The summed E-state index contributed by atoms with van der Waals surface area (Å²) >= 11 is 0. The van der Waals surface area contributed by atoms with Gasteiger partial charge in [0.1, 0.15) is 0 Å². The number of alkyl halides is 6. The number of ether oxygens (including phenoxy) is 2.